The SMILES string of the molecule is Cc1nc(C(c2ccccc2)N2CCNCC2)n[nH]1. The fraction of sp³-hybridized carbons (Fsp3) is 0.429. The Morgan fingerprint density at radius 1 is 1.16 bits per heavy atom. The molecule has 1 aromatic carbocycles. The summed E-state index contributed by atoms with van der Waals surface area (Å²) >= 11 is 0. The predicted molar refractivity (Wildman–Crippen MR) is 73.8 cm³/mol. The minimum absolute atomic E-state index is 0.147. The van der Waals surface area contributed by atoms with Crippen LogP contribution in [-0.4, -0.2) is 46.3 Å². The van der Waals surface area contributed by atoms with Gasteiger partial charge in [-0.25, -0.2) is 4.98 Å². The number of hydrogen-bond donors (Lipinski definition) is 2. The molecule has 2 N–H and O–H groups in total. The summed E-state index contributed by atoms with van der Waals surface area (Å²) in [5.74, 6) is 1.73. The molecular weight excluding hydrogens is 238 g/mol. The molecule has 5 nitrogen and oxygen atoms in total. The van der Waals surface area contributed by atoms with Crippen LogP contribution < -0.4 is 5.32 Å². The van der Waals surface area contributed by atoms with E-state index in [0.29, 0.717) is 0 Å². The normalized spacial score (nSPS) is 18.4. The second-order valence-electron chi connectivity index (χ2n) is 4.88. The van der Waals surface area contributed by atoms with Crippen LogP contribution in [0, 0.1) is 6.92 Å². The number of aryl methyl sites for hydroxylation is 1. The molecule has 1 saturated heterocycles. The number of nitrogens with zero attached hydrogens (tertiary/aromatic N) is 3. The quantitative estimate of drug-likeness (QED) is 0.865. The van der Waals surface area contributed by atoms with Crippen molar-refractivity contribution in [1.82, 2.24) is 25.4 Å². The van der Waals surface area contributed by atoms with E-state index in [1.54, 1.807) is 0 Å². The van der Waals surface area contributed by atoms with Gasteiger partial charge in [-0.3, -0.25) is 10.00 Å². The monoisotopic (exact) mass is 257 g/mol. The lowest BCUT2D eigenvalue weighted by atomic mass is 10.0. The van der Waals surface area contributed by atoms with Crippen molar-refractivity contribution in [3.05, 3.63) is 47.5 Å². The van der Waals surface area contributed by atoms with Crippen LogP contribution in [0.2, 0.25) is 0 Å². The first kappa shape index (κ1) is 12.3. The molecule has 2 heterocycles. The van der Waals surface area contributed by atoms with E-state index in [1.807, 2.05) is 13.0 Å². The summed E-state index contributed by atoms with van der Waals surface area (Å²) in [5.41, 5.74) is 1.25. The highest BCUT2D eigenvalue weighted by atomic mass is 15.3. The van der Waals surface area contributed by atoms with Crippen molar-refractivity contribution in [3.63, 3.8) is 0 Å². The second-order valence-corrected chi connectivity index (χ2v) is 4.88. The molecule has 1 aliphatic rings. The Hall–Kier alpha value is -1.72. The Morgan fingerprint density at radius 3 is 2.53 bits per heavy atom. The second kappa shape index (κ2) is 5.50. The molecule has 2 aromatic rings. The van der Waals surface area contributed by atoms with Crippen LogP contribution in [-0.2, 0) is 0 Å². The molecule has 0 amide bonds. The summed E-state index contributed by atoms with van der Waals surface area (Å²) in [6.45, 7) is 6.02. The van der Waals surface area contributed by atoms with Crippen molar-refractivity contribution in [1.29, 1.82) is 0 Å². The fourth-order valence-corrected chi connectivity index (χ4v) is 2.58. The van der Waals surface area contributed by atoms with Crippen molar-refractivity contribution in [3.8, 4) is 0 Å². The maximum absolute atomic E-state index is 4.53. The Kier molecular flexibility index (Phi) is 3.57. The van der Waals surface area contributed by atoms with E-state index in [1.165, 1.54) is 5.56 Å². The third-order valence-corrected chi connectivity index (χ3v) is 3.49. The minimum atomic E-state index is 0.147. The van der Waals surface area contributed by atoms with Crippen molar-refractivity contribution in [2.45, 2.75) is 13.0 Å². The van der Waals surface area contributed by atoms with Crippen LogP contribution >= 0.6 is 0 Å². The summed E-state index contributed by atoms with van der Waals surface area (Å²) in [6, 6.07) is 10.6. The molecule has 0 saturated carbocycles. The third-order valence-electron chi connectivity index (χ3n) is 3.49. The summed E-state index contributed by atoms with van der Waals surface area (Å²) < 4.78 is 0. The van der Waals surface area contributed by atoms with Gasteiger partial charge in [0.2, 0.25) is 0 Å². The molecule has 1 aliphatic heterocycles. The minimum Gasteiger partial charge on any atom is -0.314 e. The number of hydrogen-bond acceptors (Lipinski definition) is 4. The number of H-pyrrole nitrogens is 1. The maximum Gasteiger partial charge on any atom is 0.172 e. The Bertz CT molecular complexity index is 516. The molecule has 5 heteroatoms. The highest BCUT2D eigenvalue weighted by Gasteiger charge is 2.26. The molecule has 1 aromatic heterocycles. The van der Waals surface area contributed by atoms with Crippen LogP contribution in [0.5, 0.6) is 0 Å². The summed E-state index contributed by atoms with van der Waals surface area (Å²) in [4.78, 5) is 6.97. The molecule has 1 unspecified atom stereocenters. The number of rotatable bonds is 3. The van der Waals surface area contributed by atoms with Crippen LogP contribution in [0.1, 0.15) is 23.3 Å². The van der Waals surface area contributed by atoms with E-state index in [9.17, 15) is 0 Å². The van der Waals surface area contributed by atoms with E-state index in [4.69, 9.17) is 0 Å². The number of piperazine rings is 1. The lowest BCUT2D eigenvalue weighted by Crippen LogP contribution is -2.45. The van der Waals surface area contributed by atoms with Crippen molar-refractivity contribution in [2.24, 2.45) is 0 Å². The molecule has 0 bridgehead atoms. The van der Waals surface area contributed by atoms with E-state index in [0.717, 1.165) is 37.8 Å². The number of aromatic amines is 1. The molecule has 1 atom stereocenters. The standard InChI is InChI=1S/C14H19N5/c1-11-16-14(18-17-11)13(12-5-3-2-4-6-12)19-9-7-15-8-10-19/h2-6,13,15H,7-10H2,1H3,(H,16,17,18). The van der Waals surface area contributed by atoms with Crippen LogP contribution in [0.15, 0.2) is 30.3 Å². The highest BCUT2D eigenvalue weighted by molar-refractivity contribution is 5.25. The van der Waals surface area contributed by atoms with E-state index in [2.05, 4.69) is 49.7 Å². The molecule has 3 rings (SSSR count). The lowest BCUT2D eigenvalue weighted by Gasteiger charge is -2.33. The van der Waals surface area contributed by atoms with Gasteiger partial charge in [-0.2, -0.15) is 5.10 Å². The van der Waals surface area contributed by atoms with E-state index >= 15 is 0 Å². The average molecular weight is 257 g/mol. The molecule has 0 aliphatic carbocycles. The molecule has 0 radical (unpaired) electrons. The lowest BCUT2D eigenvalue weighted by molar-refractivity contribution is 0.192. The Labute approximate surface area is 113 Å². The van der Waals surface area contributed by atoms with Crippen molar-refractivity contribution < 1.29 is 0 Å². The average Bonchev–Trinajstić information content (AvgIpc) is 2.88. The Morgan fingerprint density at radius 2 is 1.89 bits per heavy atom. The molecule has 100 valence electrons. The van der Waals surface area contributed by atoms with Gasteiger partial charge >= 0.3 is 0 Å². The van der Waals surface area contributed by atoms with Gasteiger partial charge in [0.05, 0.1) is 6.04 Å². The first-order valence-corrected chi connectivity index (χ1v) is 6.73. The number of aromatic nitrogens is 3. The summed E-state index contributed by atoms with van der Waals surface area (Å²) in [7, 11) is 0. The zero-order valence-corrected chi connectivity index (χ0v) is 11.1. The van der Waals surface area contributed by atoms with Crippen LogP contribution in [0.3, 0.4) is 0 Å². The highest BCUT2D eigenvalue weighted by Crippen LogP contribution is 2.26. The van der Waals surface area contributed by atoms with Gasteiger partial charge in [0, 0.05) is 26.2 Å². The molecule has 19 heavy (non-hydrogen) atoms. The van der Waals surface area contributed by atoms with Crippen molar-refractivity contribution in [2.75, 3.05) is 26.2 Å². The van der Waals surface area contributed by atoms with Gasteiger partial charge < -0.3 is 5.32 Å². The first-order chi connectivity index (χ1) is 9.34. The van der Waals surface area contributed by atoms with E-state index < -0.39 is 0 Å². The smallest absolute Gasteiger partial charge is 0.172 e. The number of nitrogens with one attached hydrogen (secondary N) is 2. The maximum atomic E-state index is 4.53. The first-order valence-electron chi connectivity index (χ1n) is 6.73. The Balaban J connectivity index is 1.95. The van der Waals surface area contributed by atoms with Crippen molar-refractivity contribution >= 4 is 0 Å². The molecule has 1 fully saturated rings. The van der Waals surface area contributed by atoms with Crippen LogP contribution in [0.25, 0.3) is 0 Å². The topological polar surface area (TPSA) is 56.8 Å². The molecule has 0 spiro atoms. The van der Waals surface area contributed by atoms with Crippen LogP contribution in [0.4, 0.5) is 0 Å². The van der Waals surface area contributed by atoms with Gasteiger partial charge in [-0.1, -0.05) is 30.3 Å². The van der Waals surface area contributed by atoms with E-state index in [-0.39, 0.29) is 6.04 Å². The van der Waals surface area contributed by atoms with Gasteiger partial charge in [0.25, 0.3) is 0 Å². The number of benzene rings is 1. The zero-order chi connectivity index (χ0) is 13.1. The van der Waals surface area contributed by atoms with Gasteiger partial charge in [0.1, 0.15) is 5.82 Å². The summed E-state index contributed by atoms with van der Waals surface area (Å²) in [6.07, 6.45) is 0. The molecular formula is C14H19N5. The largest absolute Gasteiger partial charge is 0.314 e. The summed E-state index contributed by atoms with van der Waals surface area (Å²) in [5, 5.41) is 10.7. The predicted octanol–water partition coefficient (Wildman–Crippen LogP) is 1.11. The third kappa shape index (κ3) is 2.67. The zero-order valence-electron chi connectivity index (χ0n) is 11.1. The van der Waals surface area contributed by atoms with Gasteiger partial charge in [0.15, 0.2) is 5.82 Å². The van der Waals surface area contributed by atoms with Gasteiger partial charge in [-0.15, -0.1) is 0 Å². The van der Waals surface area contributed by atoms with Gasteiger partial charge in [-0.05, 0) is 12.5 Å². The fourth-order valence-electron chi connectivity index (χ4n) is 2.58.